The molecule has 5 nitrogen and oxygen atoms in total. The van der Waals surface area contributed by atoms with E-state index in [-0.39, 0.29) is 0 Å². The van der Waals surface area contributed by atoms with Crippen molar-refractivity contribution >= 4 is 15.9 Å². The highest BCUT2D eigenvalue weighted by molar-refractivity contribution is 9.10. The quantitative estimate of drug-likeness (QED) is 0.154. The maximum atomic E-state index is 6.35. The van der Waals surface area contributed by atoms with Crippen LogP contribution in [-0.4, -0.2) is 16.7 Å². The Labute approximate surface area is 254 Å². The number of aromatic nitrogens is 2. The third kappa shape index (κ3) is 6.24. The van der Waals surface area contributed by atoms with Crippen LogP contribution in [0, 0.1) is 0 Å². The van der Waals surface area contributed by atoms with Gasteiger partial charge in [-0.15, -0.1) is 0 Å². The van der Waals surface area contributed by atoms with Crippen molar-refractivity contribution in [2.45, 2.75) is 13.2 Å². The molecule has 0 saturated carbocycles. The topological polar surface area (TPSA) is 45.5 Å². The molecule has 0 aliphatic rings. The number of methoxy groups -OCH3 is 1. The molecule has 0 amide bonds. The van der Waals surface area contributed by atoms with Crippen LogP contribution in [0.5, 0.6) is 17.2 Å². The van der Waals surface area contributed by atoms with Crippen LogP contribution in [0.25, 0.3) is 28.3 Å². The summed E-state index contributed by atoms with van der Waals surface area (Å²) in [4.78, 5) is 5.19. The number of para-hydroxylation sites is 2. The molecule has 6 heteroatoms. The van der Waals surface area contributed by atoms with Gasteiger partial charge >= 0.3 is 0 Å². The van der Waals surface area contributed by atoms with Gasteiger partial charge in [0.2, 0.25) is 0 Å². The van der Waals surface area contributed by atoms with Crippen LogP contribution in [0.4, 0.5) is 0 Å². The molecule has 0 aliphatic heterocycles. The lowest BCUT2D eigenvalue weighted by molar-refractivity contribution is 0.307. The van der Waals surface area contributed by atoms with E-state index < -0.39 is 0 Å². The van der Waals surface area contributed by atoms with Crippen LogP contribution < -0.4 is 14.2 Å². The Morgan fingerprint density at radius 3 is 1.81 bits per heavy atom. The number of nitrogens with zero attached hydrogens (tertiary/aromatic N) is 2. The number of imidazole rings is 1. The molecular formula is C36H29BrN2O3. The molecule has 0 unspecified atom stereocenters. The molecule has 6 rings (SSSR count). The summed E-state index contributed by atoms with van der Waals surface area (Å²) in [7, 11) is 1.67. The first-order valence-electron chi connectivity index (χ1n) is 13.6. The van der Waals surface area contributed by atoms with Gasteiger partial charge in [-0.05, 0) is 47.5 Å². The van der Waals surface area contributed by atoms with Gasteiger partial charge in [-0.1, -0.05) is 101 Å². The number of halogens is 1. The van der Waals surface area contributed by atoms with E-state index in [0.717, 1.165) is 61.2 Å². The highest BCUT2D eigenvalue weighted by Crippen LogP contribution is 2.37. The molecule has 1 aromatic heterocycles. The highest BCUT2D eigenvalue weighted by atomic mass is 79.9. The van der Waals surface area contributed by atoms with Gasteiger partial charge in [-0.2, -0.15) is 0 Å². The Balaban J connectivity index is 1.44. The third-order valence-electron chi connectivity index (χ3n) is 6.84. The van der Waals surface area contributed by atoms with Gasteiger partial charge in [-0.3, -0.25) is 4.57 Å². The average Bonchev–Trinajstić information content (AvgIpc) is 3.49. The molecule has 6 aromatic rings. The first kappa shape index (κ1) is 27.4. The minimum Gasteiger partial charge on any atom is -0.497 e. The van der Waals surface area contributed by atoms with Crippen molar-refractivity contribution in [3.05, 3.63) is 149 Å². The zero-order valence-electron chi connectivity index (χ0n) is 23.1. The van der Waals surface area contributed by atoms with Crippen LogP contribution in [0.1, 0.15) is 11.1 Å². The van der Waals surface area contributed by atoms with E-state index in [9.17, 15) is 0 Å². The summed E-state index contributed by atoms with van der Waals surface area (Å²) >= 11 is 3.64. The van der Waals surface area contributed by atoms with E-state index in [0.29, 0.717) is 13.2 Å². The zero-order valence-corrected chi connectivity index (χ0v) is 24.7. The lowest BCUT2D eigenvalue weighted by Gasteiger charge is -2.14. The molecule has 0 radical (unpaired) electrons. The Kier molecular flexibility index (Phi) is 8.33. The van der Waals surface area contributed by atoms with E-state index in [4.69, 9.17) is 19.2 Å². The summed E-state index contributed by atoms with van der Waals surface area (Å²) in [5.74, 6) is 2.99. The summed E-state index contributed by atoms with van der Waals surface area (Å²) in [5, 5.41) is 0. The van der Waals surface area contributed by atoms with E-state index in [1.54, 1.807) is 7.11 Å². The molecule has 0 N–H and O–H groups in total. The number of rotatable bonds is 10. The second kappa shape index (κ2) is 12.8. The van der Waals surface area contributed by atoms with Gasteiger partial charge in [0.25, 0.3) is 0 Å². The van der Waals surface area contributed by atoms with Crippen molar-refractivity contribution in [2.75, 3.05) is 7.11 Å². The second-order valence-electron chi connectivity index (χ2n) is 9.71. The maximum absolute atomic E-state index is 6.35. The minimum atomic E-state index is 0.451. The normalized spacial score (nSPS) is 10.8. The molecular weight excluding hydrogens is 588 g/mol. The lowest BCUT2D eigenvalue weighted by Crippen LogP contribution is -2.01. The van der Waals surface area contributed by atoms with E-state index >= 15 is 0 Å². The van der Waals surface area contributed by atoms with Crippen molar-refractivity contribution < 1.29 is 14.2 Å². The lowest BCUT2D eigenvalue weighted by atomic mass is 10.1. The smallest absolute Gasteiger partial charge is 0.148 e. The molecule has 0 atom stereocenters. The van der Waals surface area contributed by atoms with Gasteiger partial charge in [0.1, 0.15) is 36.3 Å². The Morgan fingerprint density at radius 2 is 1.19 bits per heavy atom. The van der Waals surface area contributed by atoms with Crippen molar-refractivity contribution in [1.82, 2.24) is 9.55 Å². The van der Waals surface area contributed by atoms with Gasteiger partial charge in [0.05, 0.1) is 24.1 Å². The monoisotopic (exact) mass is 616 g/mol. The molecule has 5 aromatic carbocycles. The fourth-order valence-electron chi connectivity index (χ4n) is 4.75. The number of benzene rings is 5. The van der Waals surface area contributed by atoms with Crippen LogP contribution >= 0.6 is 15.9 Å². The van der Waals surface area contributed by atoms with Crippen molar-refractivity contribution in [3.63, 3.8) is 0 Å². The highest BCUT2D eigenvalue weighted by Gasteiger charge is 2.19. The molecule has 42 heavy (non-hydrogen) atoms. The summed E-state index contributed by atoms with van der Waals surface area (Å²) in [6.07, 6.45) is 2.04. The number of ether oxygens (including phenoxy) is 3. The van der Waals surface area contributed by atoms with E-state index in [1.165, 1.54) is 0 Å². The number of hydrogen-bond acceptors (Lipinski definition) is 4. The van der Waals surface area contributed by atoms with Gasteiger partial charge < -0.3 is 14.2 Å². The molecule has 0 spiro atoms. The van der Waals surface area contributed by atoms with E-state index in [1.807, 2.05) is 109 Å². The average molecular weight is 618 g/mol. The van der Waals surface area contributed by atoms with Gasteiger partial charge in [-0.25, -0.2) is 4.98 Å². The predicted octanol–water partition coefficient (Wildman–Crippen LogP) is 9.14. The van der Waals surface area contributed by atoms with Gasteiger partial charge in [0, 0.05) is 22.3 Å². The van der Waals surface area contributed by atoms with Crippen LogP contribution in [0.3, 0.4) is 0 Å². The Morgan fingerprint density at radius 1 is 0.643 bits per heavy atom. The first-order valence-corrected chi connectivity index (χ1v) is 14.4. The van der Waals surface area contributed by atoms with E-state index in [2.05, 4.69) is 44.8 Å². The minimum absolute atomic E-state index is 0.451. The fourth-order valence-corrected chi connectivity index (χ4v) is 5.21. The van der Waals surface area contributed by atoms with Gasteiger partial charge in [0.15, 0.2) is 0 Å². The molecule has 0 saturated heterocycles. The van der Waals surface area contributed by atoms with Crippen LogP contribution in [0.15, 0.2) is 138 Å². The first-order chi connectivity index (χ1) is 20.7. The second-order valence-corrected chi connectivity index (χ2v) is 10.6. The predicted molar refractivity (Wildman–Crippen MR) is 170 cm³/mol. The molecule has 208 valence electrons. The largest absolute Gasteiger partial charge is 0.497 e. The van der Waals surface area contributed by atoms with Crippen LogP contribution in [0.2, 0.25) is 0 Å². The van der Waals surface area contributed by atoms with Crippen molar-refractivity contribution in [3.8, 4) is 45.6 Å². The Bertz CT molecular complexity index is 1790. The van der Waals surface area contributed by atoms with Crippen molar-refractivity contribution in [1.29, 1.82) is 0 Å². The standard InChI is InChI=1S/C36H29BrN2O3/c1-40-30-21-28(37)20-29(22-30)39-23-33(31-16-8-10-18-34(31)41-24-26-12-4-2-5-13-26)38-36(39)32-17-9-11-19-35(32)42-25-27-14-6-3-7-15-27/h2-23H,24-25H2,1H3. The SMILES string of the molecule is COc1cc(Br)cc(-n2cc(-c3ccccc3OCc3ccccc3)nc2-c2ccccc2OCc2ccccc2)c1. The molecule has 0 fully saturated rings. The summed E-state index contributed by atoms with van der Waals surface area (Å²) in [6.45, 7) is 0.913. The molecule has 1 heterocycles. The summed E-state index contributed by atoms with van der Waals surface area (Å²) in [6, 6.07) is 42.3. The maximum Gasteiger partial charge on any atom is 0.148 e. The Hall–Kier alpha value is -4.81. The zero-order chi connectivity index (χ0) is 28.7. The summed E-state index contributed by atoms with van der Waals surface area (Å²) in [5.41, 5.74) is 5.65. The van der Waals surface area contributed by atoms with Crippen molar-refractivity contribution in [2.24, 2.45) is 0 Å². The fraction of sp³-hybridized carbons (Fsp3) is 0.0833. The van der Waals surface area contributed by atoms with Crippen LogP contribution in [-0.2, 0) is 13.2 Å². The molecule has 0 aliphatic carbocycles. The summed E-state index contributed by atoms with van der Waals surface area (Å²) < 4.78 is 21.2. The number of hydrogen-bond donors (Lipinski definition) is 0. The molecule has 0 bridgehead atoms. The third-order valence-corrected chi connectivity index (χ3v) is 7.30.